The molecule has 1 aromatic rings. The summed E-state index contributed by atoms with van der Waals surface area (Å²) in [5.74, 6) is -1.34. The second kappa shape index (κ2) is 6.31. The van der Waals surface area contributed by atoms with E-state index in [2.05, 4.69) is 15.9 Å². The van der Waals surface area contributed by atoms with Crippen molar-refractivity contribution in [2.45, 2.75) is 11.8 Å². The number of aromatic carboxylic acids is 1. The maximum absolute atomic E-state index is 11.9. The second-order valence-electron chi connectivity index (χ2n) is 3.46. The molecule has 0 aromatic heterocycles. The molecule has 100 valence electrons. The van der Waals surface area contributed by atoms with Gasteiger partial charge in [0, 0.05) is 11.1 Å². The van der Waals surface area contributed by atoms with E-state index < -0.39 is 15.8 Å². The van der Waals surface area contributed by atoms with Gasteiger partial charge in [-0.05, 0) is 41.1 Å². The molecule has 0 bridgehead atoms. The van der Waals surface area contributed by atoms with Crippen molar-refractivity contribution in [2.24, 2.45) is 0 Å². The van der Waals surface area contributed by atoms with Gasteiger partial charge in [-0.25, -0.2) is 13.2 Å². The van der Waals surface area contributed by atoms with Crippen molar-refractivity contribution in [3.63, 3.8) is 0 Å². The molecule has 0 atom stereocenters. The first kappa shape index (κ1) is 15.1. The molecule has 1 N–H and O–H groups in total. The minimum atomic E-state index is -3.51. The molecule has 0 saturated heterocycles. The molecule has 1 aromatic carbocycles. The van der Waals surface area contributed by atoms with Crippen molar-refractivity contribution in [3.05, 3.63) is 28.2 Å². The minimum absolute atomic E-state index is 0.0113. The summed E-state index contributed by atoms with van der Waals surface area (Å²) in [6.45, 7) is 2.31. The van der Waals surface area contributed by atoms with Gasteiger partial charge >= 0.3 is 5.97 Å². The average molecular weight is 337 g/mol. The Labute approximate surface area is 114 Å². The summed E-state index contributed by atoms with van der Waals surface area (Å²) in [7, 11) is -3.51. The molecule has 0 unspecified atom stereocenters. The monoisotopic (exact) mass is 336 g/mol. The summed E-state index contributed by atoms with van der Waals surface area (Å²) in [4.78, 5) is 10.9. The fraction of sp³-hybridized carbons (Fsp3) is 0.364. The van der Waals surface area contributed by atoms with Gasteiger partial charge in [-0.1, -0.05) is 0 Å². The fourth-order valence-electron chi connectivity index (χ4n) is 1.29. The van der Waals surface area contributed by atoms with Crippen molar-refractivity contribution < 1.29 is 23.1 Å². The maximum Gasteiger partial charge on any atom is 0.336 e. The Kier molecular flexibility index (Phi) is 5.30. The summed E-state index contributed by atoms with van der Waals surface area (Å²) in [5.41, 5.74) is -0.0764. The summed E-state index contributed by atoms with van der Waals surface area (Å²) < 4.78 is 29.1. The highest BCUT2D eigenvalue weighted by Gasteiger charge is 2.18. The van der Waals surface area contributed by atoms with Crippen LogP contribution in [0.3, 0.4) is 0 Å². The van der Waals surface area contributed by atoms with Crippen molar-refractivity contribution in [1.29, 1.82) is 0 Å². The molecule has 18 heavy (non-hydrogen) atoms. The molecule has 0 radical (unpaired) electrons. The largest absolute Gasteiger partial charge is 0.478 e. The molecule has 0 saturated carbocycles. The molecule has 0 amide bonds. The van der Waals surface area contributed by atoms with Gasteiger partial charge in [0.05, 0.1) is 22.8 Å². The normalized spacial score (nSPS) is 11.4. The Hall–Kier alpha value is -0.920. The van der Waals surface area contributed by atoms with Gasteiger partial charge in [0.1, 0.15) is 0 Å². The van der Waals surface area contributed by atoms with Crippen LogP contribution in [0.2, 0.25) is 0 Å². The lowest BCUT2D eigenvalue weighted by molar-refractivity contribution is 0.0695. The summed E-state index contributed by atoms with van der Waals surface area (Å²) in [6, 6.07) is 3.93. The van der Waals surface area contributed by atoms with E-state index >= 15 is 0 Å². The molecule has 0 spiro atoms. The van der Waals surface area contributed by atoms with Crippen LogP contribution < -0.4 is 0 Å². The Balaban J connectivity index is 3.02. The lowest BCUT2D eigenvalue weighted by atomic mass is 10.2. The van der Waals surface area contributed by atoms with Gasteiger partial charge in [0.25, 0.3) is 0 Å². The van der Waals surface area contributed by atoms with Crippen LogP contribution in [0.15, 0.2) is 27.6 Å². The van der Waals surface area contributed by atoms with Crippen molar-refractivity contribution in [3.8, 4) is 0 Å². The first-order chi connectivity index (χ1) is 8.38. The number of sulfone groups is 1. The van der Waals surface area contributed by atoms with Crippen LogP contribution in [-0.4, -0.2) is 38.5 Å². The van der Waals surface area contributed by atoms with Crippen LogP contribution in [0.1, 0.15) is 17.3 Å². The number of carbonyl (C=O) groups is 1. The maximum atomic E-state index is 11.9. The minimum Gasteiger partial charge on any atom is -0.478 e. The van der Waals surface area contributed by atoms with Gasteiger partial charge in [0.2, 0.25) is 0 Å². The zero-order valence-corrected chi connectivity index (χ0v) is 12.1. The molecule has 0 aliphatic carbocycles. The second-order valence-corrected chi connectivity index (χ2v) is 6.43. The highest BCUT2D eigenvalue weighted by atomic mass is 79.9. The van der Waals surface area contributed by atoms with Gasteiger partial charge in [-0.3, -0.25) is 0 Å². The number of hydrogen-bond donors (Lipinski definition) is 1. The lowest BCUT2D eigenvalue weighted by Crippen LogP contribution is -2.13. The molecule has 1 rings (SSSR count). The predicted molar refractivity (Wildman–Crippen MR) is 69.6 cm³/mol. The van der Waals surface area contributed by atoms with Crippen LogP contribution >= 0.6 is 15.9 Å². The topological polar surface area (TPSA) is 80.7 Å². The van der Waals surface area contributed by atoms with E-state index in [-0.39, 0.29) is 22.8 Å². The number of ether oxygens (including phenoxy) is 1. The van der Waals surface area contributed by atoms with Crippen LogP contribution in [0, 0.1) is 0 Å². The fourth-order valence-corrected chi connectivity index (χ4v) is 2.85. The zero-order valence-electron chi connectivity index (χ0n) is 9.72. The van der Waals surface area contributed by atoms with E-state index in [0.717, 1.165) is 6.07 Å². The van der Waals surface area contributed by atoms with Crippen molar-refractivity contribution in [2.75, 3.05) is 19.0 Å². The average Bonchev–Trinajstić information content (AvgIpc) is 2.29. The number of carboxylic acid groups (broad SMARTS) is 1. The number of halogens is 1. The summed E-state index contributed by atoms with van der Waals surface area (Å²) in [5, 5.41) is 8.92. The Morgan fingerprint density at radius 1 is 1.44 bits per heavy atom. The van der Waals surface area contributed by atoms with Crippen LogP contribution in [0.5, 0.6) is 0 Å². The third-order valence-electron chi connectivity index (χ3n) is 2.23. The Morgan fingerprint density at radius 2 is 2.11 bits per heavy atom. The van der Waals surface area contributed by atoms with E-state index in [9.17, 15) is 13.2 Å². The lowest BCUT2D eigenvalue weighted by Gasteiger charge is -2.06. The van der Waals surface area contributed by atoms with Gasteiger partial charge in [-0.15, -0.1) is 0 Å². The number of carboxylic acids is 1. The van der Waals surface area contributed by atoms with Gasteiger partial charge < -0.3 is 9.84 Å². The Bertz CT molecular complexity index is 538. The molecule has 0 aliphatic rings. The number of hydrogen-bond acceptors (Lipinski definition) is 4. The molecule has 0 aliphatic heterocycles. The summed E-state index contributed by atoms with van der Waals surface area (Å²) in [6.07, 6.45) is 0. The molecule has 7 heteroatoms. The van der Waals surface area contributed by atoms with E-state index in [1.165, 1.54) is 12.1 Å². The number of benzene rings is 1. The van der Waals surface area contributed by atoms with Crippen LogP contribution in [0.25, 0.3) is 0 Å². The van der Waals surface area contributed by atoms with Gasteiger partial charge in [0.15, 0.2) is 9.84 Å². The standard InChI is InChI=1S/C11H13BrO5S/c1-2-17-5-6-18(15,16)8-3-4-10(12)9(7-8)11(13)14/h3-4,7H,2,5-6H2,1H3,(H,13,14). The molecule has 0 heterocycles. The quantitative estimate of drug-likeness (QED) is 0.803. The summed E-state index contributed by atoms with van der Waals surface area (Å²) >= 11 is 3.06. The molecule has 5 nitrogen and oxygen atoms in total. The highest BCUT2D eigenvalue weighted by Crippen LogP contribution is 2.21. The van der Waals surface area contributed by atoms with E-state index in [0.29, 0.717) is 11.1 Å². The van der Waals surface area contributed by atoms with E-state index in [4.69, 9.17) is 9.84 Å². The first-order valence-electron chi connectivity index (χ1n) is 5.22. The Morgan fingerprint density at radius 3 is 2.67 bits per heavy atom. The third kappa shape index (κ3) is 3.79. The van der Waals surface area contributed by atoms with Crippen molar-refractivity contribution in [1.82, 2.24) is 0 Å². The third-order valence-corrected chi connectivity index (χ3v) is 4.60. The van der Waals surface area contributed by atoms with E-state index in [1.54, 1.807) is 6.92 Å². The molecular weight excluding hydrogens is 324 g/mol. The van der Waals surface area contributed by atoms with Crippen molar-refractivity contribution >= 4 is 31.7 Å². The molecular formula is C11H13BrO5S. The molecule has 0 fully saturated rings. The SMILES string of the molecule is CCOCCS(=O)(=O)c1ccc(Br)c(C(=O)O)c1. The zero-order chi connectivity index (χ0) is 13.8. The predicted octanol–water partition coefficient (Wildman–Crippen LogP) is 1.96. The number of rotatable bonds is 6. The van der Waals surface area contributed by atoms with Crippen LogP contribution in [0.4, 0.5) is 0 Å². The van der Waals surface area contributed by atoms with Gasteiger partial charge in [-0.2, -0.15) is 0 Å². The highest BCUT2D eigenvalue weighted by molar-refractivity contribution is 9.10. The smallest absolute Gasteiger partial charge is 0.336 e. The first-order valence-corrected chi connectivity index (χ1v) is 7.66. The van der Waals surface area contributed by atoms with Crippen LogP contribution in [-0.2, 0) is 14.6 Å². The van der Waals surface area contributed by atoms with E-state index in [1.807, 2.05) is 0 Å².